The second-order valence-electron chi connectivity index (χ2n) is 7.60. The zero-order valence-corrected chi connectivity index (χ0v) is 17.6. The molecule has 0 unspecified atom stereocenters. The number of hydrogen-bond donors (Lipinski definition) is 3. The number of hydrogen-bond acceptors (Lipinski definition) is 10. The summed E-state index contributed by atoms with van der Waals surface area (Å²) in [4.78, 5) is 37.5. The van der Waals surface area contributed by atoms with Crippen molar-refractivity contribution in [3.63, 3.8) is 0 Å². The van der Waals surface area contributed by atoms with Gasteiger partial charge in [0.2, 0.25) is 5.52 Å². The molecule has 11 nitrogen and oxygen atoms in total. The molecule has 5 rings (SSSR count). The number of nitro benzene ring substituents is 1. The number of anilines is 3. The Hall–Kier alpha value is -4.64. The summed E-state index contributed by atoms with van der Waals surface area (Å²) in [6.45, 7) is 0.186. The summed E-state index contributed by atoms with van der Waals surface area (Å²) in [5.41, 5.74) is 1.55. The standard InChI is InChI=1S/C23H17N5O6/c29-10-4-9-24-17-11-16(19-20(27-34-26-19)21(17)28(32)33)25-15-8-3-7-14-18(15)23(31)13-6-2-1-5-12(13)22(14)30/h1-3,5-8,11,24-25,29H,4,9-10H2. The molecule has 0 bridgehead atoms. The largest absolute Gasteiger partial charge is 0.396 e. The van der Waals surface area contributed by atoms with Gasteiger partial charge in [-0.1, -0.05) is 36.4 Å². The van der Waals surface area contributed by atoms with E-state index in [1.807, 2.05) is 0 Å². The van der Waals surface area contributed by atoms with Crippen LogP contribution in [0.25, 0.3) is 11.0 Å². The quantitative estimate of drug-likeness (QED) is 0.187. The molecule has 0 amide bonds. The number of carbonyl (C=O) groups excluding carboxylic acids is 2. The van der Waals surface area contributed by atoms with E-state index in [1.165, 1.54) is 6.07 Å². The average molecular weight is 459 g/mol. The molecule has 4 aromatic rings. The fourth-order valence-electron chi connectivity index (χ4n) is 4.04. The lowest BCUT2D eigenvalue weighted by molar-refractivity contribution is -0.382. The Morgan fingerprint density at radius 3 is 2.35 bits per heavy atom. The van der Waals surface area contributed by atoms with Crippen molar-refractivity contribution < 1.29 is 24.2 Å². The highest BCUT2D eigenvalue weighted by Gasteiger charge is 2.32. The SMILES string of the molecule is O=C1c2ccccc2C(=O)c2c(Nc3cc(NCCCO)c([N+](=O)[O-])c4nonc34)cccc21. The molecule has 0 aliphatic heterocycles. The van der Waals surface area contributed by atoms with Gasteiger partial charge in [0.15, 0.2) is 17.1 Å². The van der Waals surface area contributed by atoms with E-state index in [1.54, 1.807) is 42.5 Å². The summed E-state index contributed by atoms with van der Waals surface area (Å²) in [5.74, 6) is -0.580. The van der Waals surface area contributed by atoms with Crippen molar-refractivity contribution in [2.75, 3.05) is 23.8 Å². The van der Waals surface area contributed by atoms with Crippen LogP contribution in [-0.4, -0.2) is 45.1 Å². The van der Waals surface area contributed by atoms with E-state index < -0.39 is 4.92 Å². The maximum atomic E-state index is 13.3. The molecule has 1 heterocycles. The van der Waals surface area contributed by atoms with Gasteiger partial charge in [0, 0.05) is 29.8 Å². The highest BCUT2D eigenvalue weighted by molar-refractivity contribution is 6.30. The Morgan fingerprint density at radius 2 is 1.62 bits per heavy atom. The highest BCUT2D eigenvalue weighted by atomic mass is 16.6. The molecule has 11 heteroatoms. The van der Waals surface area contributed by atoms with Crippen molar-refractivity contribution in [1.82, 2.24) is 10.3 Å². The van der Waals surface area contributed by atoms with E-state index in [0.29, 0.717) is 28.9 Å². The number of rotatable bonds is 7. The molecule has 1 aliphatic rings. The summed E-state index contributed by atoms with van der Waals surface area (Å²) in [5, 5.41) is 34.3. The summed E-state index contributed by atoms with van der Waals surface area (Å²) in [6, 6.07) is 12.9. The summed E-state index contributed by atoms with van der Waals surface area (Å²) in [7, 11) is 0. The highest BCUT2D eigenvalue weighted by Crippen LogP contribution is 2.39. The number of aliphatic hydroxyl groups excluding tert-OH is 1. The summed E-state index contributed by atoms with van der Waals surface area (Å²) in [6.07, 6.45) is 0.372. The van der Waals surface area contributed by atoms with Crippen LogP contribution in [0.5, 0.6) is 0 Å². The number of nitrogens with zero attached hydrogens (tertiary/aromatic N) is 3. The van der Waals surface area contributed by atoms with Crippen LogP contribution in [0.2, 0.25) is 0 Å². The van der Waals surface area contributed by atoms with Crippen LogP contribution in [-0.2, 0) is 0 Å². The molecule has 0 atom stereocenters. The normalized spacial score (nSPS) is 12.4. The number of nitrogens with one attached hydrogen (secondary N) is 2. The van der Waals surface area contributed by atoms with Crippen LogP contribution in [0.15, 0.2) is 53.2 Å². The van der Waals surface area contributed by atoms with Crippen LogP contribution in [0.3, 0.4) is 0 Å². The minimum Gasteiger partial charge on any atom is -0.396 e. The lowest BCUT2D eigenvalue weighted by Gasteiger charge is -2.21. The number of aromatic nitrogens is 2. The number of carbonyl (C=O) groups is 2. The van der Waals surface area contributed by atoms with Gasteiger partial charge in [-0.15, -0.1) is 0 Å². The fourth-order valence-corrected chi connectivity index (χ4v) is 4.04. The number of benzene rings is 3. The Morgan fingerprint density at radius 1 is 0.912 bits per heavy atom. The third kappa shape index (κ3) is 3.35. The van der Waals surface area contributed by atoms with Crippen molar-refractivity contribution in [3.05, 3.63) is 80.9 Å². The van der Waals surface area contributed by atoms with E-state index in [0.717, 1.165) is 0 Å². The van der Waals surface area contributed by atoms with Crippen LogP contribution in [0.1, 0.15) is 38.3 Å². The van der Waals surface area contributed by atoms with Crippen LogP contribution < -0.4 is 10.6 Å². The summed E-state index contributed by atoms with van der Waals surface area (Å²) < 4.78 is 4.78. The van der Waals surface area contributed by atoms with E-state index >= 15 is 0 Å². The lowest BCUT2D eigenvalue weighted by atomic mass is 9.83. The molecule has 0 saturated heterocycles. The van der Waals surface area contributed by atoms with Crippen molar-refractivity contribution >= 4 is 45.3 Å². The monoisotopic (exact) mass is 459 g/mol. The van der Waals surface area contributed by atoms with Gasteiger partial charge in [-0.25, -0.2) is 4.63 Å². The Balaban J connectivity index is 1.63. The minimum atomic E-state index is -0.596. The third-order valence-electron chi connectivity index (χ3n) is 5.57. The van der Waals surface area contributed by atoms with Gasteiger partial charge in [-0.3, -0.25) is 19.7 Å². The second-order valence-corrected chi connectivity index (χ2v) is 7.60. The first-order valence-corrected chi connectivity index (χ1v) is 10.4. The Bertz CT molecular complexity index is 1480. The number of aliphatic hydroxyl groups is 1. The van der Waals surface area contributed by atoms with Gasteiger partial charge >= 0.3 is 5.69 Å². The fraction of sp³-hybridized carbons (Fsp3) is 0.130. The minimum absolute atomic E-state index is 0.0842. The van der Waals surface area contributed by atoms with Gasteiger partial charge in [0.25, 0.3) is 0 Å². The molecule has 34 heavy (non-hydrogen) atoms. The zero-order chi connectivity index (χ0) is 23.8. The van der Waals surface area contributed by atoms with E-state index in [-0.39, 0.29) is 58.3 Å². The predicted octanol–water partition coefficient (Wildman–Crippen LogP) is 3.44. The number of fused-ring (bicyclic) bond motifs is 3. The van der Waals surface area contributed by atoms with E-state index in [4.69, 9.17) is 9.74 Å². The van der Waals surface area contributed by atoms with Gasteiger partial charge in [-0.05, 0) is 28.9 Å². The third-order valence-corrected chi connectivity index (χ3v) is 5.57. The lowest BCUT2D eigenvalue weighted by Crippen LogP contribution is -2.22. The molecule has 0 spiro atoms. The summed E-state index contributed by atoms with van der Waals surface area (Å²) >= 11 is 0. The molecule has 3 aromatic carbocycles. The first-order chi connectivity index (χ1) is 16.5. The van der Waals surface area contributed by atoms with E-state index in [2.05, 4.69) is 20.9 Å². The smallest absolute Gasteiger partial charge is 0.323 e. The zero-order valence-electron chi connectivity index (χ0n) is 17.6. The molecule has 1 aliphatic carbocycles. The van der Waals surface area contributed by atoms with Gasteiger partial charge in [0.05, 0.1) is 21.9 Å². The topological polar surface area (TPSA) is 160 Å². The van der Waals surface area contributed by atoms with Crippen LogP contribution in [0.4, 0.5) is 22.7 Å². The van der Waals surface area contributed by atoms with Gasteiger partial charge < -0.3 is 15.7 Å². The van der Waals surface area contributed by atoms with Crippen LogP contribution >= 0.6 is 0 Å². The van der Waals surface area contributed by atoms with Crippen molar-refractivity contribution in [3.8, 4) is 0 Å². The molecule has 0 fully saturated rings. The molecule has 0 radical (unpaired) electrons. The molecular formula is C23H17N5O6. The van der Waals surface area contributed by atoms with Crippen molar-refractivity contribution in [2.24, 2.45) is 0 Å². The maximum Gasteiger partial charge on any atom is 0.323 e. The second kappa shape index (κ2) is 8.37. The van der Waals surface area contributed by atoms with Gasteiger partial charge in [-0.2, -0.15) is 0 Å². The van der Waals surface area contributed by atoms with Crippen LogP contribution in [0, 0.1) is 10.1 Å². The van der Waals surface area contributed by atoms with Gasteiger partial charge in [0.1, 0.15) is 5.69 Å². The molecule has 1 aromatic heterocycles. The van der Waals surface area contributed by atoms with E-state index in [9.17, 15) is 19.7 Å². The molecule has 0 saturated carbocycles. The molecule has 170 valence electrons. The first kappa shape index (κ1) is 21.2. The number of ketones is 2. The number of nitro groups is 1. The average Bonchev–Trinajstić information content (AvgIpc) is 3.32. The first-order valence-electron chi connectivity index (χ1n) is 10.4. The Labute approximate surface area is 191 Å². The Kier molecular flexibility index (Phi) is 5.22. The molecular weight excluding hydrogens is 442 g/mol. The predicted molar refractivity (Wildman–Crippen MR) is 122 cm³/mol. The maximum absolute atomic E-state index is 13.3. The van der Waals surface area contributed by atoms with Crippen molar-refractivity contribution in [2.45, 2.75) is 6.42 Å². The van der Waals surface area contributed by atoms with Crippen molar-refractivity contribution in [1.29, 1.82) is 0 Å². The molecule has 3 N–H and O–H groups in total.